The third kappa shape index (κ3) is 2.91. The van der Waals surface area contributed by atoms with Gasteiger partial charge >= 0.3 is 0 Å². The largest absolute Gasteiger partial charge is 0.300 e. The van der Waals surface area contributed by atoms with Crippen LogP contribution >= 0.6 is 0 Å². The molecular weight excluding hydrogens is 178 g/mol. The predicted molar refractivity (Wildman–Crippen MR) is 44.7 cm³/mol. The first kappa shape index (κ1) is 9.67. The fraction of sp³-hybridized carbons (Fsp3) is 0.714. The highest BCUT2D eigenvalue weighted by Crippen LogP contribution is 2.27. The number of carbonyl (C=O) groups excluding carboxylic acids is 1. The molecule has 1 aliphatic carbocycles. The van der Waals surface area contributed by atoms with Crippen LogP contribution < -0.4 is 4.72 Å². The Morgan fingerprint density at radius 3 is 2.58 bits per heavy atom. The Bertz CT molecular complexity index is 266. The van der Waals surface area contributed by atoms with Gasteiger partial charge in [-0.25, -0.2) is 13.1 Å². The van der Waals surface area contributed by atoms with Gasteiger partial charge in [0.05, 0.1) is 5.25 Å². The lowest BCUT2D eigenvalue weighted by Crippen LogP contribution is -2.25. The van der Waals surface area contributed by atoms with Crippen molar-refractivity contribution in [2.75, 3.05) is 0 Å². The van der Waals surface area contributed by atoms with Gasteiger partial charge < -0.3 is 0 Å². The van der Waals surface area contributed by atoms with E-state index in [4.69, 9.17) is 0 Å². The zero-order valence-corrected chi connectivity index (χ0v) is 7.73. The molecule has 0 aromatic heterocycles. The van der Waals surface area contributed by atoms with Crippen molar-refractivity contribution in [1.82, 2.24) is 4.72 Å². The molecule has 0 heterocycles. The van der Waals surface area contributed by atoms with Gasteiger partial charge in [-0.2, -0.15) is 0 Å². The Kier molecular flexibility index (Phi) is 2.85. The maximum atomic E-state index is 11.1. The molecule has 0 bridgehead atoms. The molecule has 1 N–H and O–H groups in total. The molecule has 1 aliphatic rings. The highest BCUT2D eigenvalue weighted by Gasteiger charge is 2.35. The summed E-state index contributed by atoms with van der Waals surface area (Å²) in [6, 6.07) is 0. The van der Waals surface area contributed by atoms with E-state index in [0.717, 1.165) is 12.8 Å². The molecule has 0 atom stereocenters. The number of carbonyl (C=O) groups is 1. The van der Waals surface area contributed by atoms with Gasteiger partial charge in [-0.3, -0.25) is 4.79 Å². The molecule has 0 aliphatic heterocycles. The first-order chi connectivity index (χ1) is 5.52. The van der Waals surface area contributed by atoms with E-state index in [1.54, 1.807) is 0 Å². The molecule has 0 unspecified atom stereocenters. The number of hydrogen-bond donors (Lipinski definition) is 1. The van der Waals surface area contributed by atoms with Crippen LogP contribution in [0.2, 0.25) is 0 Å². The van der Waals surface area contributed by atoms with Gasteiger partial charge in [0, 0.05) is 13.0 Å². The first-order valence-electron chi connectivity index (χ1n) is 3.84. The summed E-state index contributed by atoms with van der Waals surface area (Å²) in [5.41, 5.74) is 0. The number of Topliss-reactive ketones (excluding diaryl/α,β-unsaturated/α-hetero) is 1. The topological polar surface area (TPSA) is 63.2 Å². The molecule has 4 nitrogen and oxygen atoms in total. The average molecular weight is 190 g/mol. The molecule has 1 rings (SSSR count). The van der Waals surface area contributed by atoms with Gasteiger partial charge in [0.25, 0.3) is 0 Å². The third-order valence-corrected chi connectivity index (χ3v) is 3.44. The molecule has 0 aromatic carbocycles. The fourth-order valence-electron chi connectivity index (χ4n) is 0.776. The molecule has 1 saturated carbocycles. The Labute approximate surface area is 72.4 Å². The second kappa shape index (κ2) is 3.53. The van der Waals surface area contributed by atoms with Crippen LogP contribution in [0.1, 0.15) is 26.2 Å². The fourth-order valence-corrected chi connectivity index (χ4v) is 2.04. The molecule has 0 spiro atoms. The summed E-state index contributed by atoms with van der Waals surface area (Å²) in [7, 11) is -3.14. The Morgan fingerprint density at radius 1 is 1.58 bits per heavy atom. The normalized spacial score (nSPS) is 17.8. The number of sulfonamides is 1. The van der Waals surface area contributed by atoms with Crippen molar-refractivity contribution in [3.05, 3.63) is 6.54 Å². The third-order valence-electron chi connectivity index (χ3n) is 1.60. The quantitative estimate of drug-likeness (QED) is 0.674. The SMILES string of the molecule is CC(=O)C[CH]NS(=O)(=O)C1CC1. The van der Waals surface area contributed by atoms with Gasteiger partial charge in [0.2, 0.25) is 10.0 Å². The molecular formula is C7H12NO3S. The molecule has 0 saturated heterocycles. The lowest BCUT2D eigenvalue weighted by molar-refractivity contribution is -0.116. The van der Waals surface area contributed by atoms with E-state index in [-0.39, 0.29) is 17.5 Å². The number of rotatable bonds is 5. The summed E-state index contributed by atoms with van der Waals surface area (Å²) >= 11 is 0. The highest BCUT2D eigenvalue weighted by atomic mass is 32.2. The van der Waals surface area contributed by atoms with Crippen LogP contribution in [0, 0.1) is 6.54 Å². The van der Waals surface area contributed by atoms with Crippen molar-refractivity contribution < 1.29 is 13.2 Å². The summed E-state index contributed by atoms with van der Waals surface area (Å²) < 4.78 is 24.5. The van der Waals surface area contributed by atoms with Crippen molar-refractivity contribution in [3.63, 3.8) is 0 Å². The van der Waals surface area contributed by atoms with E-state index in [2.05, 4.69) is 4.72 Å². The maximum absolute atomic E-state index is 11.1. The van der Waals surface area contributed by atoms with Crippen molar-refractivity contribution in [2.24, 2.45) is 0 Å². The van der Waals surface area contributed by atoms with Crippen LogP contribution in [-0.2, 0) is 14.8 Å². The predicted octanol–water partition coefficient (Wildman–Crippen LogP) is 0.209. The van der Waals surface area contributed by atoms with Crippen molar-refractivity contribution in [2.45, 2.75) is 31.4 Å². The lowest BCUT2D eigenvalue weighted by atomic mass is 10.3. The molecule has 69 valence electrons. The molecule has 12 heavy (non-hydrogen) atoms. The van der Waals surface area contributed by atoms with E-state index in [1.165, 1.54) is 13.5 Å². The summed E-state index contributed by atoms with van der Waals surface area (Å²) in [5, 5.41) is -0.222. The van der Waals surface area contributed by atoms with Gasteiger partial charge in [-0.15, -0.1) is 0 Å². The lowest BCUT2D eigenvalue weighted by Gasteiger charge is -2.01. The van der Waals surface area contributed by atoms with E-state index >= 15 is 0 Å². The van der Waals surface area contributed by atoms with Crippen LogP contribution in [0.4, 0.5) is 0 Å². The first-order valence-corrected chi connectivity index (χ1v) is 5.39. The second-order valence-electron chi connectivity index (χ2n) is 2.97. The van der Waals surface area contributed by atoms with Crippen molar-refractivity contribution in [1.29, 1.82) is 0 Å². The Morgan fingerprint density at radius 2 is 2.17 bits per heavy atom. The van der Waals surface area contributed by atoms with Crippen LogP contribution in [0.15, 0.2) is 0 Å². The summed E-state index contributed by atoms with van der Waals surface area (Å²) in [6.45, 7) is 2.72. The molecule has 0 aromatic rings. The minimum atomic E-state index is -3.14. The van der Waals surface area contributed by atoms with Crippen LogP contribution in [-0.4, -0.2) is 19.5 Å². The van der Waals surface area contributed by atoms with E-state index in [0.29, 0.717) is 0 Å². The zero-order chi connectivity index (χ0) is 9.19. The van der Waals surface area contributed by atoms with E-state index < -0.39 is 10.0 Å². The van der Waals surface area contributed by atoms with Gasteiger partial charge in [-0.05, 0) is 19.8 Å². The minimum absolute atomic E-state index is 0.0477. The molecule has 1 fully saturated rings. The molecule has 0 amide bonds. The Hall–Kier alpha value is -0.420. The highest BCUT2D eigenvalue weighted by molar-refractivity contribution is 7.90. The minimum Gasteiger partial charge on any atom is -0.300 e. The van der Waals surface area contributed by atoms with E-state index in [1.807, 2.05) is 0 Å². The molecule has 1 radical (unpaired) electrons. The number of nitrogens with one attached hydrogen (secondary N) is 1. The van der Waals surface area contributed by atoms with Crippen LogP contribution in [0.25, 0.3) is 0 Å². The summed E-state index contributed by atoms with van der Waals surface area (Å²) in [6.07, 6.45) is 1.64. The number of ketones is 1. The average Bonchev–Trinajstić information content (AvgIpc) is 2.65. The monoisotopic (exact) mass is 190 g/mol. The van der Waals surface area contributed by atoms with Crippen molar-refractivity contribution >= 4 is 15.8 Å². The molecule has 5 heteroatoms. The Balaban J connectivity index is 2.26. The maximum Gasteiger partial charge on any atom is 0.214 e. The smallest absolute Gasteiger partial charge is 0.214 e. The zero-order valence-electron chi connectivity index (χ0n) is 6.91. The second-order valence-corrected chi connectivity index (χ2v) is 4.96. The van der Waals surface area contributed by atoms with E-state index in [9.17, 15) is 13.2 Å². The van der Waals surface area contributed by atoms with Crippen LogP contribution in [0.5, 0.6) is 0 Å². The van der Waals surface area contributed by atoms with Crippen molar-refractivity contribution in [3.8, 4) is 0 Å². The summed E-state index contributed by atoms with van der Waals surface area (Å²) in [4.78, 5) is 10.4. The number of hydrogen-bond acceptors (Lipinski definition) is 3. The van der Waals surface area contributed by atoms with Gasteiger partial charge in [0.1, 0.15) is 5.78 Å². The summed E-state index contributed by atoms with van der Waals surface area (Å²) in [5.74, 6) is -0.0477. The van der Waals surface area contributed by atoms with Crippen LogP contribution in [0.3, 0.4) is 0 Å². The van der Waals surface area contributed by atoms with Gasteiger partial charge in [-0.1, -0.05) is 0 Å². The van der Waals surface area contributed by atoms with Gasteiger partial charge in [0.15, 0.2) is 0 Å². The standard InChI is InChI=1S/C7H12NO3S/c1-6(9)4-5-8-12(10,11)7-2-3-7/h5,7-8H,2-4H2,1H3.